The van der Waals surface area contributed by atoms with Gasteiger partial charge in [-0.3, -0.25) is 0 Å². The molecule has 1 aromatic heterocycles. The molecule has 2 heteroatoms. The molecule has 1 aromatic rings. The van der Waals surface area contributed by atoms with Crippen LogP contribution in [0.1, 0.15) is 5.56 Å². The topological polar surface area (TPSA) is 0 Å². The SMILES string of the molecule is Cc1ccsc1Cl. The molecule has 0 bridgehead atoms. The summed E-state index contributed by atoms with van der Waals surface area (Å²) in [6.07, 6.45) is 0. The van der Waals surface area contributed by atoms with Crippen LogP contribution in [-0.2, 0) is 0 Å². The van der Waals surface area contributed by atoms with Crippen molar-refractivity contribution < 1.29 is 0 Å². The molecule has 0 atom stereocenters. The fourth-order valence-electron chi connectivity index (χ4n) is 0.354. The number of hydrogen-bond acceptors (Lipinski definition) is 1. The summed E-state index contributed by atoms with van der Waals surface area (Å²) in [4.78, 5) is 0. The minimum absolute atomic E-state index is 0.903. The van der Waals surface area contributed by atoms with E-state index in [-0.39, 0.29) is 0 Å². The van der Waals surface area contributed by atoms with Crippen molar-refractivity contribution in [1.29, 1.82) is 0 Å². The highest BCUT2D eigenvalue weighted by atomic mass is 35.5. The van der Waals surface area contributed by atoms with Gasteiger partial charge in [0.1, 0.15) is 0 Å². The van der Waals surface area contributed by atoms with Crippen molar-refractivity contribution in [2.24, 2.45) is 0 Å². The van der Waals surface area contributed by atoms with Gasteiger partial charge in [0.2, 0.25) is 0 Å². The fourth-order valence-corrected chi connectivity index (χ4v) is 1.22. The van der Waals surface area contributed by atoms with E-state index in [1.165, 1.54) is 5.56 Å². The third kappa shape index (κ3) is 0.956. The van der Waals surface area contributed by atoms with Gasteiger partial charge in [-0.25, -0.2) is 0 Å². The molecule has 0 aliphatic carbocycles. The van der Waals surface area contributed by atoms with Crippen molar-refractivity contribution in [3.05, 3.63) is 21.3 Å². The van der Waals surface area contributed by atoms with E-state index < -0.39 is 0 Å². The Hall–Kier alpha value is -0.0100. The zero-order valence-corrected chi connectivity index (χ0v) is 5.51. The van der Waals surface area contributed by atoms with Crippen molar-refractivity contribution in [2.45, 2.75) is 6.92 Å². The average molecular weight is 133 g/mol. The Labute approximate surface area is 51.7 Å². The Balaban J connectivity index is 3.12. The molecule has 0 saturated heterocycles. The molecule has 0 aromatic carbocycles. The average Bonchev–Trinajstić information content (AvgIpc) is 1.91. The molecule has 0 spiro atoms. The van der Waals surface area contributed by atoms with Gasteiger partial charge in [-0.2, -0.15) is 0 Å². The molecule has 0 aliphatic rings. The summed E-state index contributed by atoms with van der Waals surface area (Å²) in [6, 6.07) is 2.01. The lowest BCUT2D eigenvalue weighted by Crippen LogP contribution is -1.54. The molecule has 0 radical (unpaired) electrons. The largest absolute Gasteiger partial charge is 0.132 e. The molecular formula is C5H5ClS. The van der Waals surface area contributed by atoms with Gasteiger partial charge in [-0.15, -0.1) is 11.3 Å². The van der Waals surface area contributed by atoms with Gasteiger partial charge < -0.3 is 0 Å². The van der Waals surface area contributed by atoms with E-state index in [0.717, 1.165) is 4.34 Å². The first-order valence-electron chi connectivity index (χ1n) is 2.00. The first kappa shape index (κ1) is 5.13. The summed E-state index contributed by atoms with van der Waals surface area (Å²) < 4.78 is 0.903. The second kappa shape index (κ2) is 1.85. The molecular weight excluding hydrogens is 128 g/mol. The summed E-state index contributed by atoms with van der Waals surface area (Å²) >= 11 is 7.21. The van der Waals surface area contributed by atoms with Crippen LogP contribution in [-0.4, -0.2) is 0 Å². The van der Waals surface area contributed by atoms with Crippen LogP contribution in [0, 0.1) is 6.92 Å². The predicted molar refractivity (Wildman–Crippen MR) is 34.1 cm³/mol. The second-order valence-corrected chi connectivity index (χ2v) is 2.90. The lowest BCUT2D eigenvalue weighted by atomic mass is 10.4. The van der Waals surface area contributed by atoms with E-state index in [9.17, 15) is 0 Å². The van der Waals surface area contributed by atoms with Crippen molar-refractivity contribution in [3.63, 3.8) is 0 Å². The fraction of sp³-hybridized carbons (Fsp3) is 0.200. The van der Waals surface area contributed by atoms with E-state index in [1.54, 1.807) is 11.3 Å². The Morgan fingerprint density at radius 2 is 2.43 bits per heavy atom. The maximum absolute atomic E-state index is 5.64. The summed E-state index contributed by atoms with van der Waals surface area (Å²) in [7, 11) is 0. The van der Waals surface area contributed by atoms with Crippen molar-refractivity contribution in [3.8, 4) is 0 Å². The quantitative estimate of drug-likeness (QED) is 0.509. The normalized spacial score (nSPS) is 9.43. The maximum atomic E-state index is 5.64. The maximum Gasteiger partial charge on any atom is 0.0957 e. The molecule has 1 rings (SSSR count). The van der Waals surface area contributed by atoms with Gasteiger partial charge in [-0.05, 0) is 23.9 Å². The summed E-state index contributed by atoms with van der Waals surface area (Å²) in [6.45, 7) is 2.00. The van der Waals surface area contributed by atoms with E-state index in [1.807, 2.05) is 18.4 Å². The van der Waals surface area contributed by atoms with Gasteiger partial charge >= 0.3 is 0 Å². The van der Waals surface area contributed by atoms with Crippen LogP contribution in [0.3, 0.4) is 0 Å². The monoisotopic (exact) mass is 132 g/mol. The van der Waals surface area contributed by atoms with Gasteiger partial charge in [0.25, 0.3) is 0 Å². The second-order valence-electron chi connectivity index (χ2n) is 1.38. The van der Waals surface area contributed by atoms with Gasteiger partial charge in [-0.1, -0.05) is 11.6 Å². The molecule has 1 heterocycles. The Morgan fingerprint density at radius 3 is 2.57 bits per heavy atom. The standard InChI is InChI=1S/C5H5ClS/c1-4-2-3-7-5(4)6/h2-3H,1H3. The third-order valence-corrected chi connectivity index (χ3v) is 2.17. The minimum Gasteiger partial charge on any atom is -0.132 e. The Bertz CT molecular complexity index is 140. The van der Waals surface area contributed by atoms with Crippen molar-refractivity contribution in [2.75, 3.05) is 0 Å². The molecule has 0 unspecified atom stereocenters. The highest BCUT2D eigenvalue weighted by molar-refractivity contribution is 7.14. The van der Waals surface area contributed by atoms with Crippen LogP contribution < -0.4 is 0 Å². The van der Waals surface area contributed by atoms with Crippen molar-refractivity contribution >= 4 is 22.9 Å². The van der Waals surface area contributed by atoms with Gasteiger partial charge in [0.15, 0.2) is 0 Å². The highest BCUT2D eigenvalue weighted by Gasteiger charge is 1.89. The number of thiophene rings is 1. The zero-order valence-electron chi connectivity index (χ0n) is 3.94. The lowest BCUT2D eigenvalue weighted by molar-refractivity contribution is 1.56. The molecule has 38 valence electrons. The molecule has 0 aliphatic heterocycles. The van der Waals surface area contributed by atoms with Crippen LogP contribution in [0.4, 0.5) is 0 Å². The highest BCUT2D eigenvalue weighted by Crippen LogP contribution is 2.20. The van der Waals surface area contributed by atoms with E-state index in [2.05, 4.69) is 0 Å². The summed E-state index contributed by atoms with van der Waals surface area (Å²) in [5.74, 6) is 0. The smallest absolute Gasteiger partial charge is 0.0957 e. The number of aryl methyl sites for hydroxylation is 1. The first-order chi connectivity index (χ1) is 3.30. The predicted octanol–water partition coefficient (Wildman–Crippen LogP) is 2.71. The van der Waals surface area contributed by atoms with Gasteiger partial charge in [0, 0.05) is 0 Å². The van der Waals surface area contributed by atoms with Crippen LogP contribution in [0.15, 0.2) is 11.4 Å². The lowest BCUT2D eigenvalue weighted by Gasteiger charge is -1.76. The molecule has 7 heavy (non-hydrogen) atoms. The van der Waals surface area contributed by atoms with Crippen LogP contribution in [0.5, 0.6) is 0 Å². The van der Waals surface area contributed by atoms with E-state index in [0.29, 0.717) is 0 Å². The van der Waals surface area contributed by atoms with Crippen LogP contribution in [0.2, 0.25) is 4.34 Å². The summed E-state index contributed by atoms with van der Waals surface area (Å²) in [5, 5.41) is 1.98. The van der Waals surface area contributed by atoms with Crippen LogP contribution >= 0.6 is 22.9 Å². The molecule has 0 saturated carbocycles. The first-order valence-corrected chi connectivity index (χ1v) is 3.26. The van der Waals surface area contributed by atoms with E-state index in [4.69, 9.17) is 11.6 Å². The van der Waals surface area contributed by atoms with Gasteiger partial charge in [0.05, 0.1) is 4.34 Å². The van der Waals surface area contributed by atoms with Crippen molar-refractivity contribution in [1.82, 2.24) is 0 Å². The van der Waals surface area contributed by atoms with E-state index >= 15 is 0 Å². The number of hydrogen-bond donors (Lipinski definition) is 0. The molecule has 0 nitrogen and oxygen atoms in total. The Kier molecular flexibility index (Phi) is 1.35. The Morgan fingerprint density at radius 1 is 1.71 bits per heavy atom. The number of halogens is 1. The molecule has 0 N–H and O–H groups in total. The molecule has 0 fully saturated rings. The third-order valence-electron chi connectivity index (χ3n) is 0.800. The molecule has 0 amide bonds. The summed E-state index contributed by atoms with van der Waals surface area (Å²) in [5.41, 5.74) is 1.17. The zero-order chi connectivity index (χ0) is 5.28. The minimum atomic E-state index is 0.903. The van der Waals surface area contributed by atoms with Crippen LogP contribution in [0.25, 0.3) is 0 Å². The number of rotatable bonds is 0.